The molecule has 0 spiro atoms. The standard InChI is InChI=1S/C10H9N5S/c1-15-6-11-14-10(15)16-9-12-7-4-2-3-5-8(7)13-9/h2-6H,1H3,(H,12,13). The number of fused-ring (bicyclic) bond motifs is 1. The first-order valence-corrected chi connectivity index (χ1v) is 5.61. The van der Waals surface area contributed by atoms with Crippen molar-refractivity contribution in [3.05, 3.63) is 30.6 Å². The lowest BCUT2D eigenvalue weighted by Gasteiger charge is -1.94. The van der Waals surface area contributed by atoms with Crippen molar-refractivity contribution >= 4 is 22.8 Å². The Kier molecular flexibility index (Phi) is 2.14. The van der Waals surface area contributed by atoms with E-state index in [0.717, 1.165) is 21.3 Å². The van der Waals surface area contributed by atoms with E-state index in [9.17, 15) is 0 Å². The van der Waals surface area contributed by atoms with Crippen molar-refractivity contribution < 1.29 is 0 Å². The Labute approximate surface area is 95.9 Å². The zero-order valence-corrected chi connectivity index (χ0v) is 9.40. The Morgan fingerprint density at radius 2 is 2.19 bits per heavy atom. The smallest absolute Gasteiger partial charge is 0.198 e. The summed E-state index contributed by atoms with van der Waals surface area (Å²) >= 11 is 1.47. The molecule has 0 saturated carbocycles. The van der Waals surface area contributed by atoms with Crippen LogP contribution in [0.15, 0.2) is 40.9 Å². The third-order valence-corrected chi connectivity index (χ3v) is 3.16. The van der Waals surface area contributed by atoms with Crippen LogP contribution < -0.4 is 0 Å². The quantitative estimate of drug-likeness (QED) is 0.731. The second kappa shape index (κ2) is 3.64. The van der Waals surface area contributed by atoms with Gasteiger partial charge < -0.3 is 9.55 Å². The molecule has 0 aliphatic heterocycles. The number of H-pyrrole nitrogens is 1. The van der Waals surface area contributed by atoms with Crippen molar-refractivity contribution in [2.45, 2.75) is 10.3 Å². The zero-order valence-electron chi connectivity index (χ0n) is 8.58. The Bertz CT molecular complexity index is 594. The van der Waals surface area contributed by atoms with Crippen LogP contribution in [0, 0.1) is 0 Å². The van der Waals surface area contributed by atoms with Crippen molar-refractivity contribution in [3.63, 3.8) is 0 Å². The highest BCUT2D eigenvalue weighted by molar-refractivity contribution is 7.99. The third kappa shape index (κ3) is 1.57. The van der Waals surface area contributed by atoms with Gasteiger partial charge in [0.25, 0.3) is 0 Å². The van der Waals surface area contributed by atoms with Gasteiger partial charge in [0.2, 0.25) is 0 Å². The van der Waals surface area contributed by atoms with E-state index < -0.39 is 0 Å². The van der Waals surface area contributed by atoms with E-state index in [1.165, 1.54) is 11.8 Å². The van der Waals surface area contributed by atoms with E-state index in [1.807, 2.05) is 35.9 Å². The van der Waals surface area contributed by atoms with Gasteiger partial charge in [0.1, 0.15) is 6.33 Å². The second-order valence-corrected chi connectivity index (χ2v) is 4.34. The lowest BCUT2D eigenvalue weighted by atomic mass is 10.3. The van der Waals surface area contributed by atoms with Crippen LogP contribution in [-0.4, -0.2) is 24.7 Å². The normalized spacial score (nSPS) is 11.1. The SMILES string of the molecule is Cn1cnnc1Sc1nc2ccccc2[nH]1. The number of para-hydroxylation sites is 2. The molecule has 16 heavy (non-hydrogen) atoms. The molecule has 0 saturated heterocycles. The molecule has 0 fully saturated rings. The second-order valence-electron chi connectivity index (χ2n) is 3.39. The summed E-state index contributed by atoms with van der Waals surface area (Å²) in [5.41, 5.74) is 2.00. The fraction of sp³-hybridized carbons (Fsp3) is 0.100. The number of benzene rings is 1. The summed E-state index contributed by atoms with van der Waals surface area (Å²) in [6.07, 6.45) is 1.67. The summed E-state index contributed by atoms with van der Waals surface area (Å²) in [5.74, 6) is 0. The van der Waals surface area contributed by atoms with E-state index in [1.54, 1.807) is 6.33 Å². The molecule has 1 aromatic carbocycles. The number of hydrogen-bond acceptors (Lipinski definition) is 4. The molecule has 5 nitrogen and oxygen atoms in total. The van der Waals surface area contributed by atoms with Crippen molar-refractivity contribution in [1.82, 2.24) is 24.7 Å². The summed E-state index contributed by atoms with van der Waals surface area (Å²) in [5, 5.41) is 9.47. The first kappa shape index (κ1) is 9.41. The number of hydrogen-bond donors (Lipinski definition) is 1. The molecule has 6 heteroatoms. The predicted molar refractivity (Wildman–Crippen MR) is 61.2 cm³/mol. The molecule has 2 aromatic heterocycles. The van der Waals surface area contributed by atoms with Gasteiger partial charge in [-0.3, -0.25) is 0 Å². The largest absolute Gasteiger partial charge is 0.333 e. The first-order valence-electron chi connectivity index (χ1n) is 4.79. The molecule has 0 aliphatic rings. The maximum Gasteiger partial charge on any atom is 0.198 e. The van der Waals surface area contributed by atoms with Crippen molar-refractivity contribution in [2.24, 2.45) is 7.05 Å². The highest BCUT2D eigenvalue weighted by Crippen LogP contribution is 2.24. The van der Waals surface area contributed by atoms with Gasteiger partial charge in [0.15, 0.2) is 10.3 Å². The Balaban J connectivity index is 1.98. The molecule has 0 unspecified atom stereocenters. The molecule has 2 heterocycles. The molecular formula is C10H9N5S. The highest BCUT2D eigenvalue weighted by Gasteiger charge is 2.07. The van der Waals surface area contributed by atoms with Crippen LogP contribution in [0.2, 0.25) is 0 Å². The van der Waals surface area contributed by atoms with Gasteiger partial charge in [-0.05, 0) is 23.9 Å². The van der Waals surface area contributed by atoms with E-state index in [2.05, 4.69) is 20.2 Å². The molecule has 3 rings (SSSR count). The lowest BCUT2D eigenvalue weighted by Crippen LogP contribution is -1.88. The van der Waals surface area contributed by atoms with Gasteiger partial charge in [-0.2, -0.15) is 0 Å². The molecule has 80 valence electrons. The van der Waals surface area contributed by atoms with Gasteiger partial charge in [0, 0.05) is 7.05 Å². The van der Waals surface area contributed by atoms with E-state index in [0.29, 0.717) is 0 Å². The molecule has 3 aromatic rings. The molecule has 0 amide bonds. The minimum atomic E-state index is 0.819. The Hall–Kier alpha value is -1.82. The average Bonchev–Trinajstić information content (AvgIpc) is 2.85. The van der Waals surface area contributed by atoms with Crippen LogP contribution in [0.4, 0.5) is 0 Å². The third-order valence-electron chi connectivity index (χ3n) is 2.23. The fourth-order valence-corrected chi connectivity index (χ4v) is 2.19. The summed E-state index contributed by atoms with van der Waals surface area (Å²) < 4.78 is 1.86. The topological polar surface area (TPSA) is 59.4 Å². The van der Waals surface area contributed by atoms with Gasteiger partial charge in [0.05, 0.1) is 11.0 Å². The van der Waals surface area contributed by atoms with E-state index >= 15 is 0 Å². The molecule has 0 atom stereocenters. The van der Waals surface area contributed by atoms with Crippen LogP contribution in [0.25, 0.3) is 11.0 Å². The average molecular weight is 231 g/mol. The highest BCUT2D eigenvalue weighted by atomic mass is 32.2. The molecule has 1 N–H and O–H groups in total. The number of rotatable bonds is 2. The van der Waals surface area contributed by atoms with Gasteiger partial charge >= 0.3 is 0 Å². The number of aromatic nitrogens is 5. The van der Waals surface area contributed by atoms with Crippen LogP contribution in [-0.2, 0) is 7.05 Å². The molecule has 0 bridgehead atoms. The fourth-order valence-electron chi connectivity index (χ4n) is 1.43. The van der Waals surface area contributed by atoms with E-state index in [-0.39, 0.29) is 0 Å². The van der Waals surface area contributed by atoms with Crippen molar-refractivity contribution in [2.75, 3.05) is 0 Å². The summed E-state index contributed by atoms with van der Waals surface area (Å²) in [6.45, 7) is 0. The maximum atomic E-state index is 4.46. The minimum Gasteiger partial charge on any atom is -0.333 e. The summed E-state index contributed by atoms with van der Waals surface area (Å²) in [6, 6.07) is 7.94. The van der Waals surface area contributed by atoms with Crippen LogP contribution >= 0.6 is 11.8 Å². The number of nitrogens with one attached hydrogen (secondary N) is 1. The van der Waals surface area contributed by atoms with Gasteiger partial charge in [-0.15, -0.1) is 10.2 Å². The molecule has 0 radical (unpaired) electrons. The Morgan fingerprint density at radius 3 is 2.94 bits per heavy atom. The first-order chi connectivity index (χ1) is 7.83. The summed E-state index contributed by atoms with van der Waals surface area (Å²) in [4.78, 5) is 7.69. The van der Waals surface area contributed by atoms with Gasteiger partial charge in [-0.25, -0.2) is 4.98 Å². The van der Waals surface area contributed by atoms with Crippen LogP contribution in [0.1, 0.15) is 0 Å². The van der Waals surface area contributed by atoms with Crippen LogP contribution in [0.3, 0.4) is 0 Å². The minimum absolute atomic E-state index is 0.819. The number of aromatic amines is 1. The predicted octanol–water partition coefficient (Wildman–Crippen LogP) is 1.84. The Morgan fingerprint density at radius 1 is 1.31 bits per heavy atom. The van der Waals surface area contributed by atoms with E-state index in [4.69, 9.17) is 0 Å². The molecule has 0 aliphatic carbocycles. The number of nitrogens with zero attached hydrogens (tertiary/aromatic N) is 4. The summed E-state index contributed by atoms with van der Waals surface area (Å²) in [7, 11) is 1.91. The number of aryl methyl sites for hydroxylation is 1. The van der Waals surface area contributed by atoms with Gasteiger partial charge in [-0.1, -0.05) is 12.1 Å². The van der Waals surface area contributed by atoms with Crippen molar-refractivity contribution in [3.8, 4) is 0 Å². The lowest BCUT2D eigenvalue weighted by molar-refractivity contribution is 0.786. The monoisotopic (exact) mass is 231 g/mol. The zero-order chi connectivity index (χ0) is 11.0. The maximum absolute atomic E-state index is 4.46. The molecular weight excluding hydrogens is 222 g/mol. The number of imidazole rings is 1. The van der Waals surface area contributed by atoms with Crippen molar-refractivity contribution in [1.29, 1.82) is 0 Å². The van der Waals surface area contributed by atoms with Crippen LogP contribution in [0.5, 0.6) is 0 Å².